The van der Waals surface area contributed by atoms with E-state index < -0.39 is 0 Å². The van der Waals surface area contributed by atoms with E-state index in [0.29, 0.717) is 0 Å². The quantitative estimate of drug-likeness (QED) is 0.582. The van der Waals surface area contributed by atoms with Crippen molar-refractivity contribution in [3.05, 3.63) is 72.4 Å². The second kappa shape index (κ2) is 6.80. The molecule has 1 aromatic carbocycles. The molecule has 0 atom stereocenters. The third kappa shape index (κ3) is 3.89. The molecule has 18 heavy (non-hydrogen) atoms. The summed E-state index contributed by atoms with van der Waals surface area (Å²) >= 11 is 0. The van der Waals surface area contributed by atoms with Crippen molar-refractivity contribution >= 4 is 11.1 Å². The Morgan fingerprint density at radius 2 is 1.83 bits per heavy atom. The van der Waals surface area contributed by atoms with Gasteiger partial charge in [-0.15, -0.1) is 0 Å². The Bertz CT molecular complexity index is 499. The van der Waals surface area contributed by atoms with Crippen LogP contribution in [0.5, 0.6) is 0 Å². The summed E-state index contributed by atoms with van der Waals surface area (Å²) in [5, 5.41) is 0. The van der Waals surface area contributed by atoms with Crippen LogP contribution in [0.1, 0.15) is 38.3 Å². The van der Waals surface area contributed by atoms with Gasteiger partial charge in [-0.2, -0.15) is 0 Å². The van der Waals surface area contributed by atoms with E-state index in [0.717, 1.165) is 17.6 Å². The first-order valence-corrected chi connectivity index (χ1v) is 6.37. The zero-order valence-corrected chi connectivity index (χ0v) is 11.7. The van der Waals surface area contributed by atoms with Crippen LogP contribution < -0.4 is 0 Å². The maximum absolute atomic E-state index is 4.11. The van der Waals surface area contributed by atoms with Crippen LogP contribution in [-0.2, 0) is 0 Å². The predicted molar refractivity (Wildman–Crippen MR) is 83.4 cm³/mol. The lowest BCUT2D eigenvalue weighted by Crippen LogP contribution is -1.85. The summed E-state index contributed by atoms with van der Waals surface area (Å²) in [7, 11) is 0. The molecule has 0 aliphatic rings. The minimum Gasteiger partial charge on any atom is -0.0952 e. The second-order valence-corrected chi connectivity index (χ2v) is 4.43. The number of benzene rings is 1. The number of hydrogen-bond acceptors (Lipinski definition) is 0. The molecule has 1 rings (SSSR count). The fraction of sp³-hybridized carbons (Fsp3) is 0.222. The lowest BCUT2D eigenvalue weighted by molar-refractivity contribution is 1.24. The van der Waals surface area contributed by atoms with E-state index in [4.69, 9.17) is 0 Å². The Kier molecular flexibility index (Phi) is 5.38. The van der Waals surface area contributed by atoms with Crippen molar-refractivity contribution in [2.75, 3.05) is 0 Å². The van der Waals surface area contributed by atoms with Crippen LogP contribution in [0, 0.1) is 0 Å². The highest BCUT2D eigenvalue weighted by atomic mass is 14.0. The molecule has 0 N–H and O–H groups in total. The highest BCUT2D eigenvalue weighted by Crippen LogP contribution is 2.21. The van der Waals surface area contributed by atoms with Crippen LogP contribution in [-0.4, -0.2) is 0 Å². The lowest BCUT2D eigenvalue weighted by Gasteiger charge is -2.06. The second-order valence-electron chi connectivity index (χ2n) is 4.43. The molecule has 0 bridgehead atoms. The molecule has 0 heteroatoms. The molecule has 0 fully saturated rings. The number of rotatable bonds is 5. The third-order valence-electron chi connectivity index (χ3n) is 3.07. The van der Waals surface area contributed by atoms with E-state index >= 15 is 0 Å². The maximum atomic E-state index is 4.11. The van der Waals surface area contributed by atoms with Gasteiger partial charge in [-0.1, -0.05) is 62.1 Å². The molecule has 0 heterocycles. The molecule has 0 saturated heterocycles. The summed E-state index contributed by atoms with van der Waals surface area (Å²) < 4.78 is 0. The molecule has 0 unspecified atom stereocenters. The molecule has 0 radical (unpaired) electrons. The molecule has 0 amide bonds. The average Bonchev–Trinajstić information content (AvgIpc) is 2.43. The minimum absolute atomic E-state index is 0.976. The monoisotopic (exact) mass is 238 g/mol. The highest BCUT2D eigenvalue weighted by molar-refractivity contribution is 5.75. The summed E-state index contributed by atoms with van der Waals surface area (Å²) in [4.78, 5) is 0. The van der Waals surface area contributed by atoms with Crippen LogP contribution >= 0.6 is 0 Å². The molecule has 94 valence electrons. The normalized spacial score (nSPS) is 11.8. The summed E-state index contributed by atoms with van der Waals surface area (Å²) in [6.45, 7) is 14.4. The van der Waals surface area contributed by atoms with Crippen molar-refractivity contribution in [2.45, 2.75) is 27.2 Å². The summed E-state index contributed by atoms with van der Waals surface area (Å²) in [5.41, 5.74) is 5.79. The molecule has 0 saturated carbocycles. The van der Waals surface area contributed by atoms with Gasteiger partial charge in [0.1, 0.15) is 0 Å². The minimum atomic E-state index is 0.976. The van der Waals surface area contributed by atoms with E-state index in [-0.39, 0.29) is 0 Å². The molecule has 0 aliphatic heterocycles. The van der Waals surface area contributed by atoms with Crippen LogP contribution in [0.25, 0.3) is 11.1 Å². The van der Waals surface area contributed by atoms with Gasteiger partial charge >= 0.3 is 0 Å². The van der Waals surface area contributed by atoms with E-state index in [1.165, 1.54) is 16.7 Å². The molecular weight excluding hydrogens is 216 g/mol. The fourth-order valence-electron chi connectivity index (χ4n) is 1.57. The summed E-state index contributed by atoms with van der Waals surface area (Å²) in [6, 6.07) is 8.41. The molecule has 1 aromatic rings. The van der Waals surface area contributed by atoms with Gasteiger partial charge in [0.05, 0.1) is 0 Å². The van der Waals surface area contributed by atoms with Gasteiger partial charge in [-0.25, -0.2) is 0 Å². The summed E-state index contributed by atoms with van der Waals surface area (Å²) in [6.07, 6.45) is 7.20. The predicted octanol–water partition coefficient (Wildman–Crippen LogP) is 5.65. The largest absolute Gasteiger partial charge is 0.0952 e. The molecule has 0 aromatic heterocycles. The van der Waals surface area contributed by atoms with Crippen LogP contribution in [0.2, 0.25) is 0 Å². The first-order chi connectivity index (χ1) is 8.58. The van der Waals surface area contributed by atoms with E-state index in [1.54, 1.807) is 0 Å². The zero-order chi connectivity index (χ0) is 13.5. The van der Waals surface area contributed by atoms with Gasteiger partial charge in [0.15, 0.2) is 0 Å². The maximum Gasteiger partial charge on any atom is -0.0184 e. The van der Waals surface area contributed by atoms with Gasteiger partial charge < -0.3 is 0 Å². The Hall–Kier alpha value is -1.82. The van der Waals surface area contributed by atoms with Gasteiger partial charge in [0, 0.05) is 0 Å². The average molecular weight is 238 g/mol. The van der Waals surface area contributed by atoms with Crippen molar-refractivity contribution < 1.29 is 0 Å². The Labute approximate surface area is 111 Å². The third-order valence-corrected chi connectivity index (χ3v) is 3.07. The number of hydrogen-bond donors (Lipinski definition) is 0. The smallest absolute Gasteiger partial charge is 0.0184 e. The number of allylic oxidation sites excluding steroid dienone is 6. The molecular formula is C18H22. The van der Waals surface area contributed by atoms with Gasteiger partial charge in [-0.3, -0.25) is 0 Å². The standard InChI is InChI=1S/C18H22/c1-6-14(3)11-12-16(5)18-10-8-9-17(13-18)15(4)7-2/h6,8-13H,4-5,7H2,1-3H3/b12-11-,14-6-. The fourth-order valence-corrected chi connectivity index (χ4v) is 1.57. The Morgan fingerprint density at radius 3 is 2.44 bits per heavy atom. The first-order valence-electron chi connectivity index (χ1n) is 6.37. The molecule has 0 spiro atoms. The van der Waals surface area contributed by atoms with Crippen LogP contribution in [0.3, 0.4) is 0 Å². The molecule has 0 nitrogen and oxygen atoms in total. The Balaban J connectivity index is 2.94. The van der Waals surface area contributed by atoms with Crippen molar-refractivity contribution in [1.82, 2.24) is 0 Å². The first kappa shape index (κ1) is 14.2. The van der Waals surface area contributed by atoms with Crippen molar-refractivity contribution in [1.29, 1.82) is 0 Å². The van der Waals surface area contributed by atoms with Gasteiger partial charge in [0.25, 0.3) is 0 Å². The molecule has 0 aliphatic carbocycles. The lowest BCUT2D eigenvalue weighted by atomic mass is 9.99. The van der Waals surface area contributed by atoms with Crippen molar-refractivity contribution in [2.24, 2.45) is 0 Å². The highest BCUT2D eigenvalue weighted by Gasteiger charge is 2.00. The van der Waals surface area contributed by atoms with Crippen molar-refractivity contribution in [3.63, 3.8) is 0 Å². The topological polar surface area (TPSA) is 0 Å². The van der Waals surface area contributed by atoms with Crippen LogP contribution in [0.4, 0.5) is 0 Å². The zero-order valence-electron chi connectivity index (χ0n) is 11.7. The van der Waals surface area contributed by atoms with Crippen LogP contribution in [0.15, 0.2) is 61.2 Å². The van der Waals surface area contributed by atoms with Gasteiger partial charge in [-0.05, 0) is 48.6 Å². The Morgan fingerprint density at radius 1 is 1.17 bits per heavy atom. The summed E-state index contributed by atoms with van der Waals surface area (Å²) in [5.74, 6) is 0. The van der Waals surface area contributed by atoms with E-state index in [9.17, 15) is 0 Å². The van der Waals surface area contributed by atoms with Crippen molar-refractivity contribution in [3.8, 4) is 0 Å². The SMILES string of the molecule is C=C(/C=C\C(C)=C/C)c1cccc(C(=C)CC)c1. The van der Waals surface area contributed by atoms with E-state index in [1.807, 2.05) is 6.92 Å². The van der Waals surface area contributed by atoms with Gasteiger partial charge in [0.2, 0.25) is 0 Å². The van der Waals surface area contributed by atoms with E-state index in [2.05, 4.69) is 69.5 Å².